The Morgan fingerprint density at radius 3 is 2.35 bits per heavy atom. The van der Waals surface area contributed by atoms with Gasteiger partial charge in [0, 0.05) is 0 Å². The molecule has 0 aromatic heterocycles. The van der Waals surface area contributed by atoms with Crippen LogP contribution in [0.3, 0.4) is 0 Å². The summed E-state index contributed by atoms with van der Waals surface area (Å²) in [5.74, 6) is 0.903. The van der Waals surface area contributed by atoms with Gasteiger partial charge in [-0.3, -0.25) is 0 Å². The molecule has 0 saturated heterocycles. The van der Waals surface area contributed by atoms with E-state index < -0.39 is 0 Å². The van der Waals surface area contributed by atoms with E-state index in [1.54, 1.807) is 7.11 Å². The minimum absolute atomic E-state index is 0.903. The van der Waals surface area contributed by atoms with Gasteiger partial charge in [-0.15, -0.1) is 0 Å². The highest BCUT2D eigenvalue weighted by atomic mass is 16.5. The van der Waals surface area contributed by atoms with Crippen molar-refractivity contribution in [1.82, 2.24) is 0 Å². The van der Waals surface area contributed by atoms with Gasteiger partial charge in [-0.05, 0) is 60.7 Å². The van der Waals surface area contributed by atoms with Crippen molar-refractivity contribution in [2.24, 2.45) is 0 Å². The molecule has 0 aliphatic rings. The first-order chi connectivity index (χ1) is 8.13. The Labute approximate surface area is 103 Å². The Hall–Kier alpha value is -1.76. The lowest BCUT2D eigenvalue weighted by Gasteiger charge is -2.12. The summed E-state index contributed by atoms with van der Waals surface area (Å²) in [5.41, 5.74) is 6.55. The summed E-state index contributed by atoms with van der Waals surface area (Å²) in [5, 5.41) is 0. The van der Waals surface area contributed by atoms with Crippen molar-refractivity contribution >= 4 is 0 Å². The van der Waals surface area contributed by atoms with Crippen LogP contribution in [0.25, 0.3) is 11.1 Å². The third-order valence-corrected chi connectivity index (χ3v) is 3.44. The lowest BCUT2D eigenvalue weighted by Crippen LogP contribution is -1.91. The summed E-state index contributed by atoms with van der Waals surface area (Å²) >= 11 is 0. The van der Waals surface area contributed by atoms with Crippen LogP contribution in [0.4, 0.5) is 0 Å². The summed E-state index contributed by atoms with van der Waals surface area (Å²) in [7, 11) is 1.70. The molecule has 1 nitrogen and oxygen atoms in total. The Kier molecular flexibility index (Phi) is 3.19. The highest BCUT2D eigenvalue weighted by molar-refractivity contribution is 5.70. The molecule has 2 aromatic rings. The van der Waals surface area contributed by atoms with E-state index in [-0.39, 0.29) is 0 Å². The molecule has 88 valence electrons. The molecular weight excluding hydrogens is 208 g/mol. The second kappa shape index (κ2) is 4.62. The topological polar surface area (TPSA) is 9.23 Å². The summed E-state index contributed by atoms with van der Waals surface area (Å²) < 4.78 is 5.27. The Bertz CT molecular complexity index is 541. The van der Waals surface area contributed by atoms with E-state index in [0.717, 1.165) is 5.75 Å². The van der Waals surface area contributed by atoms with Crippen LogP contribution in [0.15, 0.2) is 36.4 Å². The molecule has 0 atom stereocenters. The minimum atomic E-state index is 0.903. The molecular formula is C16H18O. The molecule has 0 N–H and O–H groups in total. The SMILES string of the molecule is COc1cccc(-c2ccc(C)c(C)c2C)c1. The van der Waals surface area contributed by atoms with E-state index >= 15 is 0 Å². The zero-order valence-corrected chi connectivity index (χ0v) is 10.9. The number of rotatable bonds is 2. The van der Waals surface area contributed by atoms with Crippen molar-refractivity contribution in [3.8, 4) is 16.9 Å². The second-order valence-electron chi connectivity index (χ2n) is 4.41. The normalized spacial score (nSPS) is 10.4. The fourth-order valence-electron chi connectivity index (χ4n) is 2.06. The minimum Gasteiger partial charge on any atom is -0.497 e. The van der Waals surface area contributed by atoms with Gasteiger partial charge < -0.3 is 4.74 Å². The van der Waals surface area contributed by atoms with Crippen LogP contribution in [0.2, 0.25) is 0 Å². The van der Waals surface area contributed by atoms with Crippen molar-refractivity contribution in [3.05, 3.63) is 53.1 Å². The largest absolute Gasteiger partial charge is 0.497 e. The monoisotopic (exact) mass is 226 g/mol. The quantitative estimate of drug-likeness (QED) is 0.742. The van der Waals surface area contributed by atoms with E-state index in [4.69, 9.17) is 4.74 Å². The molecule has 0 fully saturated rings. The lowest BCUT2D eigenvalue weighted by molar-refractivity contribution is 0.415. The average Bonchev–Trinajstić information content (AvgIpc) is 2.36. The van der Waals surface area contributed by atoms with Crippen molar-refractivity contribution < 1.29 is 4.74 Å². The van der Waals surface area contributed by atoms with Gasteiger partial charge in [-0.2, -0.15) is 0 Å². The van der Waals surface area contributed by atoms with Crippen LogP contribution in [-0.4, -0.2) is 7.11 Å². The Balaban J connectivity index is 2.56. The summed E-state index contributed by atoms with van der Waals surface area (Å²) in [6.07, 6.45) is 0. The van der Waals surface area contributed by atoms with Gasteiger partial charge in [0.2, 0.25) is 0 Å². The number of benzene rings is 2. The highest BCUT2D eigenvalue weighted by Gasteiger charge is 2.06. The summed E-state index contributed by atoms with van der Waals surface area (Å²) in [4.78, 5) is 0. The van der Waals surface area contributed by atoms with Crippen LogP contribution < -0.4 is 4.74 Å². The molecule has 0 spiro atoms. The number of ether oxygens (including phenoxy) is 1. The fourth-order valence-corrected chi connectivity index (χ4v) is 2.06. The molecule has 2 rings (SSSR count). The zero-order valence-electron chi connectivity index (χ0n) is 10.9. The molecule has 0 aliphatic carbocycles. The van der Waals surface area contributed by atoms with Crippen LogP contribution in [-0.2, 0) is 0 Å². The van der Waals surface area contributed by atoms with E-state index in [2.05, 4.69) is 45.0 Å². The first-order valence-corrected chi connectivity index (χ1v) is 5.84. The maximum Gasteiger partial charge on any atom is 0.119 e. The van der Waals surface area contributed by atoms with Gasteiger partial charge in [0.05, 0.1) is 7.11 Å². The molecule has 17 heavy (non-hydrogen) atoms. The van der Waals surface area contributed by atoms with Gasteiger partial charge in [0.15, 0.2) is 0 Å². The standard InChI is InChI=1S/C16H18O/c1-11-8-9-16(13(3)12(11)2)14-6-5-7-15(10-14)17-4/h5-10H,1-4H3. The van der Waals surface area contributed by atoms with Crippen molar-refractivity contribution in [3.63, 3.8) is 0 Å². The van der Waals surface area contributed by atoms with E-state index in [0.29, 0.717) is 0 Å². The first kappa shape index (κ1) is 11.7. The number of aryl methyl sites for hydroxylation is 1. The van der Waals surface area contributed by atoms with Gasteiger partial charge in [0.1, 0.15) is 5.75 Å². The molecule has 0 unspecified atom stereocenters. The van der Waals surface area contributed by atoms with Crippen molar-refractivity contribution in [2.45, 2.75) is 20.8 Å². The smallest absolute Gasteiger partial charge is 0.119 e. The predicted molar refractivity (Wildman–Crippen MR) is 72.6 cm³/mol. The summed E-state index contributed by atoms with van der Waals surface area (Å²) in [6.45, 7) is 6.50. The molecule has 0 radical (unpaired) electrons. The van der Waals surface area contributed by atoms with Crippen LogP contribution in [0, 0.1) is 20.8 Å². The van der Waals surface area contributed by atoms with Crippen molar-refractivity contribution in [1.29, 1.82) is 0 Å². The predicted octanol–water partition coefficient (Wildman–Crippen LogP) is 4.29. The maximum absolute atomic E-state index is 5.27. The van der Waals surface area contributed by atoms with E-state index in [9.17, 15) is 0 Å². The van der Waals surface area contributed by atoms with Gasteiger partial charge in [0.25, 0.3) is 0 Å². The zero-order chi connectivity index (χ0) is 12.4. The third-order valence-electron chi connectivity index (χ3n) is 3.44. The molecule has 0 saturated carbocycles. The van der Waals surface area contributed by atoms with Crippen LogP contribution >= 0.6 is 0 Å². The fraction of sp³-hybridized carbons (Fsp3) is 0.250. The highest BCUT2D eigenvalue weighted by Crippen LogP contribution is 2.29. The first-order valence-electron chi connectivity index (χ1n) is 5.84. The molecule has 1 heteroatoms. The van der Waals surface area contributed by atoms with Crippen LogP contribution in [0.1, 0.15) is 16.7 Å². The molecule has 0 bridgehead atoms. The summed E-state index contributed by atoms with van der Waals surface area (Å²) in [6, 6.07) is 12.6. The maximum atomic E-state index is 5.27. The number of methoxy groups -OCH3 is 1. The van der Waals surface area contributed by atoms with Gasteiger partial charge >= 0.3 is 0 Å². The van der Waals surface area contributed by atoms with Crippen LogP contribution in [0.5, 0.6) is 5.75 Å². The Morgan fingerprint density at radius 2 is 1.65 bits per heavy atom. The van der Waals surface area contributed by atoms with Gasteiger partial charge in [-0.25, -0.2) is 0 Å². The molecule has 0 heterocycles. The second-order valence-corrected chi connectivity index (χ2v) is 4.41. The lowest BCUT2D eigenvalue weighted by atomic mass is 9.94. The number of hydrogen-bond acceptors (Lipinski definition) is 1. The molecule has 0 amide bonds. The molecule has 2 aromatic carbocycles. The number of hydrogen-bond donors (Lipinski definition) is 0. The molecule has 0 aliphatic heterocycles. The average molecular weight is 226 g/mol. The Morgan fingerprint density at radius 1 is 0.882 bits per heavy atom. The third kappa shape index (κ3) is 2.19. The van der Waals surface area contributed by atoms with Crippen molar-refractivity contribution in [2.75, 3.05) is 7.11 Å². The van der Waals surface area contributed by atoms with E-state index in [1.807, 2.05) is 12.1 Å². The van der Waals surface area contributed by atoms with E-state index in [1.165, 1.54) is 27.8 Å². The van der Waals surface area contributed by atoms with Gasteiger partial charge in [-0.1, -0.05) is 24.3 Å².